The molecule has 104 valence electrons. The Hall–Kier alpha value is -1.26. The Morgan fingerprint density at radius 3 is 3.00 bits per heavy atom. The number of benzene rings is 1. The number of anilines is 1. The minimum Gasteiger partial charge on any atom is -0.322 e. The fraction of sp³-hybridized carbons (Fsp3) is 0.500. The molecule has 1 aromatic carbocycles. The number of hydrogen-bond donors (Lipinski definition) is 2. The first-order valence-electron chi connectivity index (χ1n) is 6.61. The summed E-state index contributed by atoms with van der Waals surface area (Å²) < 4.78 is 0. The van der Waals surface area contributed by atoms with E-state index in [1.54, 1.807) is 12.1 Å². The van der Waals surface area contributed by atoms with Crippen molar-refractivity contribution in [3.8, 4) is 0 Å². The largest absolute Gasteiger partial charge is 0.322 e. The number of rotatable bonds is 2. The van der Waals surface area contributed by atoms with Crippen molar-refractivity contribution in [2.24, 2.45) is 5.92 Å². The first kappa shape index (κ1) is 14.2. The van der Waals surface area contributed by atoms with Crippen molar-refractivity contribution < 1.29 is 4.79 Å². The van der Waals surface area contributed by atoms with Crippen molar-refractivity contribution in [2.75, 3.05) is 25.0 Å². The lowest BCUT2D eigenvalue weighted by Crippen LogP contribution is -2.55. The van der Waals surface area contributed by atoms with Gasteiger partial charge >= 0.3 is 6.03 Å². The summed E-state index contributed by atoms with van der Waals surface area (Å²) in [7, 11) is 0. The lowest BCUT2D eigenvalue weighted by Gasteiger charge is -2.35. The summed E-state index contributed by atoms with van der Waals surface area (Å²) >= 11 is 5.90. The smallest absolute Gasteiger partial charge is 0.321 e. The van der Waals surface area contributed by atoms with E-state index in [9.17, 15) is 4.79 Å². The zero-order chi connectivity index (χ0) is 13.8. The van der Waals surface area contributed by atoms with E-state index in [-0.39, 0.29) is 6.03 Å². The molecule has 4 nitrogen and oxygen atoms in total. The van der Waals surface area contributed by atoms with Gasteiger partial charge in [0.15, 0.2) is 0 Å². The molecule has 19 heavy (non-hydrogen) atoms. The van der Waals surface area contributed by atoms with E-state index in [1.807, 2.05) is 17.0 Å². The number of carbonyl (C=O) groups is 1. The van der Waals surface area contributed by atoms with E-state index < -0.39 is 0 Å². The van der Waals surface area contributed by atoms with Crippen molar-refractivity contribution in [1.82, 2.24) is 10.2 Å². The highest BCUT2D eigenvalue weighted by molar-refractivity contribution is 6.30. The van der Waals surface area contributed by atoms with Gasteiger partial charge in [0.25, 0.3) is 0 Å². The van der Waals surface area contributed by atoms with Gasteiger partial charge in [-0.3, -0.25) is 0 Å². The molecule has 2 amide bonds. The summed E-state index contributed by atoms with van der Waals surface area (Å²) in [5, 5.41) is 6.94. The molecule has 1 saturated heterocycles. The molecule has 1 unspecified atom stereocenters. The van der Waals surface area contributed by atoms with Crippen LogP contribution < -0.4 is 10.6 Å². The maximum absolute atomic E-state index is 12.2. The van der Waals surface area contributed by atoms with E-state index in [2.05, 4.69) is 24.5 Å². The number of amides is 2. The van der Waals surface area contributed by atoms with Gasteiger partial charge in [-0.2, -0.15) is 0 Å². The summed E-state index contributed by atoms with van der Waals surface area (Å²) in [6, 6.07) is 7.50. The van der Waals surface area contributed by atoms with E-state index in [1.165, 1.54) is 0 Å². The SMILES string of the molecule is CC(C)C1CN(C(=O)Nc2cccc(Cl)c2)CCN1. The van der Waals surface area contributed by atoms with Crippen molar-refractivity contribution >= 4 is 23.3 Å². The van der Waals surface area contributed by atoms with Crippen LogP contribution in [0.5, 0.6) is 0 Å². The van der Waals surface area contributed by atoms with Crippen LogP contribution in [-0.2, 0) is 0 Å². The molecule has 1 aliphatic heterocycles. The second kappa shape index (κ2) is 6.26. The fourth-order valence-electron chi connectivity index (χ4n) is 2.18. The summed E-state index contributed by atoms with van der Waals surface area (Å²) in [5.74, 6) is 0.516. The Labute approximate surface area is 119 Å². The predicted molar refractivity (Wildman–Crippen MR) is 78.7 cm³/mol. The molecule has 0 saturated carbocycles. The summed E-state index contributed by atoms with van der Waals surface area (Å²) in [4.78, 5) is 14.0. The van der Waals surface area contributed by atoms with Gasteiger partial charge in [0.05, 0.1) is 0 Å². The highest BCUT2D eigenvalue weighted by Crippen LogP contribution is 2.16. The van der Waals surface area contributed by atoms with Crippen LogP contribution in [-0.4, -0.2) is 36.6 Å². The molecule has 0 radical (unpaired) electrons. The summed E-state index contributed by atoms with van der Waals surface area (Å²) in [5.41, 5.74) is 0.733. The quantitative estimate of drug-likeness (QED) is 0.875. The van der Waals surface area contributed by atoms with Gasteiger partial charge in [-0.05, 0) is 24.1 Å². The van der Waals surface area contributed by atoms with E-state index >= 15 is 0 Å². The summed E-state index contributed by atoms with van der Waals surface area (Å²) in [6.07, 6.45) is 0. The third-order valence-corrected chi connectivity index (χ3v) is 3.61. The van der Waals surface area contributed by atoms with Crippen LogP contribution in [0.2, 0.25) is 5.02 Å². The predicted octanol–water partition coefficient (Wildman–Crippen LogP) is 2.80. The number of carbonyl (C=O) groups excluding carboxylic acids is 1. The Balaban J connectivity index is 1.96. The third kappa shape index (κ3) is 3.85. The van der Waals surface area contributed by atoms with E-state index in [0.717, 1.165) is 25.3 Å². The topological polar surface area (TPSA) is 44.4 Å². The van der Waals surface area contributed by atoms with Gasteiger partial charge in [0.1, 0.15) is 0 Å². The number of urea groups is 1. The Morgan fingerprint density at radius 1 is 1.53 bits per heavy atom. The summed E-state index contributed by atoms with van der Waals surface area (Å²) in [6.45, 7) is 6.64. The number of piperazine rings is 1. The Kier molecular flexibility index (Phi) is 4.66. The minimum absolute atomic E-state index is 0.0607. The normalized spacial score (nSPS) is 19.6. The molecular weight excluding hydrogens is 262 g/mol. The molecule has 1 heterocycles. The Morgan fingerprint density at radius 2 is 2.32 bits per heavy atom. The second-order valence-corrected chi connectivity index (χ2v) is 5.63. The van der Waals surface area contributed by atoms with Crippen LogP contribution >= 0.6 is 11.6 Å². The van der Waals surface area contributed by atoms with Crippen LogP contribution in [0.4, 0.5) is 10.5 Å². The first-order chi connectivity index (χ1) is 9.06. The van der Waals surface area contributed by atoms with Gasteiger partial charge < -0.3 is 15.5 Å². The molecule has 1 aromatic rings. The zero-order valence-corrected chi connectivity index (χ0v) is 12.1. The maximum Gasteiger partial charge on any atom is 0.321 e. The molecule has 5 heteroatoms. The zero-order valence-electron chi connectivity index (χ0n) is 11.3. The minimum atomic E-state index is -0.0607. The third-order valence-electron chi connectivity index (χ3n) is 3.37. The Bertz CT molecular complexity index is 450. The number of nitrogens with one attached hydrogen (secondary N) is 2. The van der Waals surface area contributed by atoms with Gasteiger partial charge in [-0.15, -0.1) is 0 Å². The van der Waals surface area contributed by atoms with Crippen LogP contribution in [0.1, 0.15) is 13.8 Å². The molecule has 0 aliphatic carbocycles. The van der Waals surface area contributed by atoms with Crippen LogP contribution in [0.25, 0.3) is 0 Å². The number of nitrogens with zero attached hydrogens (tertiary/aromatic N) is 1. The van der Waals surface area contributed by atoms with E-state index in [0.29, 0.717) is 17.0 Å². The van der Waals surface area contributed by atoms with Gasteiger partial charge in [0, 0.05) is 36.4 Å². The van der Waals surface area contributed by atoms with Crippen molar-refractivity contribution in [3.05, 3.63) is 29.3 Å². The first-order valence-corrected chi connectivity index (χ1v) is 6.99. The highest BCUT2D eigenvalue weighted by atomic mass is 35.5. The number of hydrogen-bond acceptors (Lipinski definition) is 2. The average Bonchev–Trinajstić information content (AvgIpc) is 2.39. The maximum atomic E-state index is 12.2. The van der Waals surface area contributed by atoms with Gasteiger partial charge in [-0.1, -0.05) is 31.5 Å². The standard InChI is InChI=1S/C14H20ClN3O/c1-10(2)13-9-18(7-6-16-13)14(19)17-12-5-3-4-11(15)8-12/h3-5,8,10,13,16H,6-7,9H2,1-2H3,(H,17,19). The molecule has 2 rings (SSSR count). The van der Waals surface area contributed by atoms with Crippen molar-refractivity contribution in [2.45, 2.75) is 19.9 Å². The molecule has 1 fully saturated rings. The second-order valence-electron chi connectivity index (χ2n) is 5.19. The average molecular weight is 282 g/mol. The van der Waals surface area contributed by atoms with Crippen LogP contribution in [0, 0.1) is 5.92 Å². The van der Waals surface area contributed by atoms with Crippen LogP contribution in [0.3, 0.4) is 0 Å². The molecule has 0 spiro atoms. The fourth-order valence-corrected chi connectivity index (χ4v) is 2.37. The molecular formula is C14H20ClN3O. The molecule has 0 bridgehead atoms. The highest BCUT2D eigenvalue weighted by Gasteiger charge is 2.24. The van der Waals surface area contributed by atoms with E-state index in [4.69, 9.17) is 11.6 Å². The molecule has 2 N–H and O–H groups in total. The molecule has 0 aromatic heterocycles. The molecule has 1 atom stereocenters. The van der Waals surface area contributed by atoms with Crippen molar-refractivity contribution in [3.63, 3.8) is 0 Å². The van der Waals surface area contributed by atoms with Crippen LogP contribution in [0.15, 0.2) is 24.3 Å². The number of halogens is 1. The van der Waals surface area contributed by atoms with Gasteiger partial charge in [0.2, 0.25) is 0 Å². The lowest BCUT2D eigenvalue weighted by atomic mass is 10.0. The molecule has 1 aliphatic rings. The van der Waals surface area contributed by atoms with Gasteiger partial charge in [-0.25, -0.2) is 4.79 Å². The lowest BCUT2D eigenvalue weighted by molar-refractivity contribution is 0.177. The van der Waals surface area contributed by atoms with Crippen molar-refractivity contribution in [1.29, 1.82) is 0 Å². The monoisotopic (exact) mass is 281 g/mol.